The zero-order chi connectivity index (χ0) is 17.9. The fourth-order valence-corrected chi connectivity index (χ4v) is 4.83. The summed E-state index contributed by atoms with van der Waals surface area (Å²) in [5.74, 6) is 0.626. The number of hydrogen-bond acceptors (Lipinski definition) is 3. The molecule has 0 saturated carbocycles. The molecule has 2 amide bonds. The van der Waals surface area contributed by atoms with Gasteiger partial charge in [0.05, 0.1) is 0 Å². The first-order valence-electron chi connectivity index (χ1n) is 10.1. The van der Waals surface area contributed by atoms with Crippen LogP contribution in [0, 0.1) is 5.92 Å². The number of nitrogens with zero attached hydrogens (tertiary/aromatic N) is 1. The van der Waals surface area contributed by atoms with Crippen molar-refractivity contribution >= 4 is 29.9 Å². The molecule has 3 aliphatic heterocycles. The standard InChI is InChI=1S/C21H29N3O2.ClH/c25-20(13-15-11-18-7-8-19(12-15)22-18)23-17-6-4-5-16(14-17)21(26)24-9-2-1-3-10-24;/h4-6,14-15,18-19,22H,1-3,7-13H2,(H,23,25);1H. The Hall–Kier alpha value is -1.59. The molecule has 3 saturated heterocycles. The lowest BCUT2D eigenvalue weighted by molar-refractivity contribution is -0.117. The largest absolute Gasteiger partial charge is 0.339 e. The van der Waals surface area contributed by atoms with E-state index in [0.717, 1.165) is 44.5 Å². The SMILES string of the molecule is Cl.O=C(CC1CC2CCC(C1)N2)Nc1cccc(C(=O)N2CCCCC2)c1. The van der Waals surface area contributed by atoms with Crippen LogP contribution in [0.5, 0.6) is 0 Å². The predicted molar refractivity (Wildman–Crippen MR) is 109 cm³/mol. The van der Waals surface area contributed by atoms with E-state index in [4.69, 9.17) is 0 Å². The van der Waals surface area contributed by atoms with E-state index in [1.54, 1.807) is 0 Å². The molecule has 6 heteroatoms. The van der Waals surface area contributed by atoms with Gasteiger partial charge in [0, 0.05) is 42.8 Å². The number of benzene rings is 1. The van der Waals surface area contributed by atoms with Crippen LogP contribution in [-0.2, 0) is 4.79 Å². The van der Waals surface area contributed by atoms with Gasteiger partial charge in [-0.2, -0.15) is 0 Å². The molecular formula is C21H30ClN3O2. The third-order valence-corrected chi connectivity index (χ3v) is 6.08. The van der Waals surface area contributed by atoms with Gasteiger partial charge in [-0.15, -0.1) is 12.4 Å². The Morgan fingerprint density at radius 3 is 2.48 bits per heavy atom. The Kier molecular flexibility index (Phi) is 6.77. The minimum absolute atomic E-state index is 0. The molecule has 0 aliphatic carbocycles. The molecule has 3 fully saturated rings. The van der Waals surface area contributed by atoms with E-state index in [1.165, 1.54) is 19.3 Å². The summed E-state index contributed by atoms with van der Waals surface area (Å²) in [5.41, 5.74) is 1.40. The Balaban J connectivity index is 0.00000210. The molecule has 2 unspecified atom stereocenters. The average molecular weight is 392 g/mol. The fraction of sp³-hybridized carbons (Fsp3) is 0.619. The number of carbonyl (C=O) groups excluding carboxylic acids is 2. The maximum absolute atomic E-state index is 12.6. The summed E-state index contributed by atoms with van der Waals surface area (Å²) in [6, 6.07) is 8.61. The van der Waals surface area contributed by atoms with Crippen molar-refractivity contribution in [1.29, 1.82) is 0 Å². The molecule has 1 aromatic carbocycles. The molecule has 148 valence electrons. The number of fused-ring (bicyclic) bond motifs is 2. The molecule has 0 spiro atoms. The second kappa shape index (κ2) is 9.07. The van der Waals surface area contributed by atoms with Crippen LogP contribution in [-0.4, -0.2) is 41.9 Å². The van der Waals surface area contributed by atoms with E-state index >= 15 is 0 Å². The second-order valence-electron chi connectivity index (χ2n) is 8.16. The number of piperidine rings is 2. The number of halogens is 1. The molecule has 3 aliphatic rings. The van der Waals surface area contributed by atoms with Crippen molar-refractivity contribution in [2.75, 3.05) is 18.4 Å². The van der Waals surface area contributed by atoms with Crippen LogP contribution >= 0.6 is 12.4 Å². The first-order valence-corrected chi connectivity index (χ1v) is 10.1. The van der Waals surface area contributed by atoms with Gasteiger partial charge in [-0.05, 0) is 69.1 Å². The fourth-order valence-electron chi connectivity index (χ4n) is 4.83. The van der Waals surface area contributed by atoms with Crippen LogP contribution in [0.1, 0.15) is 61.7 Å². The monoisotopic (exact) mass is 391 g/mol. The molecule has 2 bridgehead atoms. The van der Waals surface area contributed by atoms with Crippen LogP contribution in [0.4, 0.5) is 5.69 Å². The van der Waals surface area contributed by atoms with Gasteiger partial charge >= 0.3 is 0 Å². The van der Waals surface area contributed by atoms with E-state index in [-0.39, 0.29) is 24.2 Å². The molecule has 2 N–H and O–H groups in total. The zero-order valence-corrected chi connectivity index (χ0v) is 16.6. The van der Waals surface area contributed by atoms with Crippen LogP contribution in [0.25, 0.3) is 0 Å². The zero-order valence-electron chi connectivity index (χ0n) is 15.8. The van der Waals surface area contributed by atoms with E-state index in [0.29, 0.717) is 30.0 Å². The van der Waals surface area contributed by atoms with Gasteiger partial charge in [-0.1, -0.05) is 6.07 Å². The van der Waals surface area contributed by atoms with Crippen LogP contribution < -0.4 is 10.6 Å². The van der Waals surface area contributed by atoms with Gasteiger partial charge in [-0.3, -0.25) is 9.59 Å². The summed E-state index contributed by atoms with van der Waals surface area (Å²) < 4.78 is 0. The first-order chi connectivity index (χ1) is 12.7. The number of rotatable bonds is 4. The summed E-state index contributed by atoms with van der Waals surface area (Å²) in [7, 11) is 0. The van der Waals surface area contributed by atoms with Gasteiger partial charge in [0.25, 0.3) is 5.91 Å². The molecule has 3 heterocycles. The Morgan fingerprint density at radius 1 is 1.07 bits per heavy atom. The van der Waals surface area contributed by atoms with Crippen molar-refractivity contribution in [3.8, 4) is 0 Å². The normalized spacial score (nSPS) is 27.0. The van der Waals surface area contributed by atoms with Crippen molar-refractivity contribution in [1.82, 2.24) is 10.2 Å². The Labute approximate surface area is 167 Å². The van der Waals surface area contributed by atoms with E-state index in [1.807, 2.05) is 29.2 Å². The summed E-state index contributed by atoms with van der Waals surface area (Å²) >= 11 is 0. The van der Waals surface area contributed by atoms with E-state index in [9.17, 15) is 9.59 Å². The van der Waals surface area contributed by atoms with Crippen molar-refractivity contribution in [2.45, 2.75) is 63.5 Å². The lowest BCUT2D eigenvalue weighted by atomic mass is 9.89. The number of amides is 2. The Morgan fingerprint density at radius 2 is 1.78 bits per heavy atom. The number of likely N-dealkylation sites (tertiary alicyclic amines) is 1. The molecule has 1 aromatic rings. The van der Waals surface area contributed by atoms with Crippen LogP contribution in [0.15, 0.2) is 24.3 Å². The van der Waals surface area contributed by atoms with Gasteiger partial charge in [-0.25, -0.2) is 0 Å². The maximum atomic E-state index is 12.6. The highest BCUT2D eigenvalue weighted by molar-refractivity contribution is 5.97. The van der Waals surface area contributed by atoms with Crippen molar-refractivity contribution in [3.63, 3.8) is 0 Å². The first kappa shape index (κ1) is 20.2. The number of nitrogens with one attached hydrogen (secondary N) is 2. The Bertz CT molecular complexity index is 663. The maximum Gasteiger partial charge on any atom is 0.253 e. The predicted octanol–water partition coefficient (Wildman–Crippen LogP) is 3.59. The van der Waals surface area contributed by atoms with Gasteiger partial charge in [0.15, 0.2) is 0 Å². The summed E-state index contributed by atoms with van der Waals surface area (Å²) in [6.07, 6.45) is 8.68. The third-order valence-electron chi connectivity index (χ3n) is 6.08. The van der Waals surface area contributed by atoms with Crippen LogP contribution in [0.2, 0.25) is 0 Å². The average Bonchev–Trinajstić information content (AvgIpc) is 3.00. The highest BCUT2D eigenvalue weighted by atomic mass is 35.5. The van der Waals surface area contributed by atoms with E-state index < -0.39 is 0 Å². The second-order valence-corrected chi connectivity index (χ2v) is 8.16. The molecule has 0 aromatic heterocycles. The number of carbonyl (C=O) groups is 2. The lowest BCUT2D eigenvalue weighted by Gasteiger charge is -2.28. The smallest absolute Gasteiger partial charge is 0.253 e. The number of hydrogen-bond donors (Lipinski definition) is 2. The minimum atomic E-state index is 0. The third kappa shape index (κ3) is 5.02. The van der Waals surface area contributed by atoms with Gasteiger partial charge in [0.1, 0.15) is 0 Å². The van der Waals surface area contributed by atoms with Gasteiger partial charge < -0.3 is 15.5 Å². The number of anilines is 1. The molecular weight excluding hydrogens is 362 g/mol. The molecule has 27 heavy (non-hydrogen) atoms. The summed E-state index contributed by atoms with van der Waals surface area (Å²) in [4.78, 5) is 27.0. The van der Waals surface area contributed by atoms with Crippen molar-refractivity contribution in [3.05, 3.63) is 29.8 Å². The van der Waals surface area contributed by atoms with Crippen LogP contribution in [0.3, 0.4) is 0 Å². The van der Waals surface area contributed by atoms with Crippen molar-refractivity contribution in [2.24, 2.45) is 5.92 Å². The van der Waals surface area contributed by atoms with Gasteiger partial charge in [0.2, 0.25) is 5.91 Å². The molecule has 5 nitrogen and oxygen atoms in total. The lowest BCUT2D eigenvalue weighted by Crippen LogP contribution is -2.39. The molecule has 4 rings (SSSR count). The molecule has 2 atom stereocenters. The molecule has 0 radical (unpaired) electrons. The van der Waals surface area contributed by atoms with E-state index in [2.05, 4.69) is 10.6 Å². The summed E-state index contributed by atoms with van der Waals surface area (Å²) in [5, 5.41) is 6.63. The van der Waals surface area contributed by atoms with Crippen molar-refractivity contribution < 1.29 is 9.59 Å². The topological polar surface area (TPSA) is 61.4 Å². The quantitative estimate of drug-likeness (QED) is 0.824. The highest BCUT2D eigenvalue weighted by Crippen LogP contribution is 2.32. The summed E-state index contributed by atoms with van der Waals surface area (Å²) in [6.45, 7) is 1.68. The highest BCUT2D eigenvalue weighted by Gasteiger charge is 2.34. The minimum Gasteiger partial charge on any atom is -0.339 e.